The minimum atomic E-state index is -4.63. The van der Waals surface area contributed by atoms with Gasteiger partial charge in [-0.2, -0.15) is 26.3 Å². The van der Waals surface area contributed by atoms with E-state index in [1.165, 1.54) is 12.3 Å². The van der Waals surface area contributed by atoms with E-state index >= 15 is 0 Å². The predicted octanol–water partition coefficient (Wildman–Crippen LogP) is 5.59. The van der Waals surface area contributed by atoms with Gasteiger partial charge in [-0.3, -0.25) is 14.8 Å². The minimum absolute atomic E-state index is 0.0812. The van der Waals surface area contributed by atoms with Crippen molar-refractivity contribution in [3.63, 3.8) is 0 Å². The van der Waals surface area contributed by atoms with Crippen LogP contribution in [0.5, 0.6) is 0 Å². The lowest BCUT2D eigenvalue weighted by atomic mass is 10.0. The summed E-state index contributed by atoms with van der Waals surface area (Å²) in [5.41, 5.74) is -0.589. The second-order valence-corrected chi connectivity index (χ2v) is 7.12. The molecule has 0 atom stereocenters. The SMILES string of the molecule is O=C(NCc1cc(-c2ccccn2)c2[nH]c(C(F)(F)F)cc2c1)c1ccc(C(F)(F)F)nc1. The molecule has 3 heterocycles. The van der Waals surface area contributed by atoms with Crippen LogP contribution in [0, 0.1) is 0 Å². The molecule has 3 aromatic heterocycles. The molecule has 0 aliphatic rings. The second kappa shape index (κ2) is 8.23. The number of nitrogens with zero attached hydrogens (tertiary/aromatic N) is 2. The van der Waals surface area contributed by atoms with Gasteiger partial charge in [0.05, 0.1) is 16.8 Å². The van der Waals surface area contributed by atoms with Crippen molar-refractivity contribution in [1.29, 1.82) is 0 Å². The Labute approximate surface area is 182 Å². The average molecular weight is 464 g/mol. The Hall–Kier alpha value is -3.89. The van der Waals surface area contributed by atoms with Crippen LogP contribution in [-0.2, 0) is 18.9 Å². The lowest BCUT2D eigenvalue weighted by Crippen LogP contribution is -2.23. The maximum absolute atomic E-state index is 13.2. The largest absolute Gasteiger partial charge is 0.433 e. The smallest absolute Gasteiger partial charge is 0.350 e. The highest BCUT2D eigenvalue weighted by molar-refractivity contribution is 5.95. The molecule has 0 saturated carbocycles. The maximum Gasteiger partial charge on any atom is 0.433 e. The van der Waals surface area contributed by atoms with Crippen molar-refractivity contribution in [3.8, 4) is 11.3 Å². The van der Waals surface area contributed by atoms with Crippen molar-refractivity contribution in [2.45, 2.75) is 18.9 Å². The molecule has 1 aromatic carbocycles. The molecule has 2 N–H and O–H groups in total. The Kier molecular flexibility index (Phi) is 5.56. The number of aromatic amines is 1. The van der Waals surface area contributed by atoms with Crippen LogP contribution < -0.4 is 5.32 Å². The number of carbonyl (C=O) groups is 1. The molecule has 11 heteroatoms. The van der Waals surface area contributed by atoms with Crippen molar-refractivity contribution in [2.24, 2.45) is 0 Å². The highest BCUT2D eigenvalue weighted by Gasteiger charge is 2.33. The van der Waals surface area contributed by atoms with Gasteiger partial charge in [-0.05, 0) is 48.0 Å². The number of rotatable bonds is 4. The zero-order valence-electron chi connectivity index (χ0n) is 16.6. The Morgan fingerprint density at radius 2 is 1.73 bits per heavy atom. The fourth-order valence-corrected chi connectivity index (χ4v) is 3.27. The first kappa shape index (κ1) is 22.3. The molecule has 0 radical (unpaired) electrons. The Balaban J connectivity index is 1.63. The van der Waals surface area contributed by atoms with Crippen LogP contribution >= 0.6 is 0 Å². The summed E-state index contributed by atoms with van der Waals surface area (Å²) in [5, 5.41) is 2.81. The van der Waals surface area contributed by atoms with Gasteiger partial charge in [-0.25, -0.2) is 0 Å². The third kappa shape index (κ3) is 4.81. The molecule has 0 spiro atoms. The summed E-state index contributed by atoms with van der Waals surface area (Å²) >= 11 is 0. The molecule has 170 valence electrons. The number of pyridine rings is 2. The normalized spacial score (nSPS) is 12.2. The van der Waals surface area contributed by atoms with Crippen LogP contribution in [0.15, 0.2) is 60.9 Å². The standard InChI is InChI=1S/C22H14F6N4O/c23-21(24,25)17-5-4-13(11-30-17)20(33)31-10-12-7-14-9-18(22(26,27)28)32-19(14)15(8-12)16-3-1-2-6-29-16/h1-9,11,32H,10H2,(H,31,33). The van der Waals surface area contributed by atoms with Crippen LogP contribution in [-0.4, -0.2) is 20.9 Å². The zero-order valence-corrected chi connectivity index (χ0v) is 16.6. The van der Waals surface area contributed by atoms with Gasteiger partial charge in [0, 0.05) is 29.9 Å². The maximum atomic E-state index is 13.2. The van der Waals surface area contributed by atoms with E-state index in [0.29, 0.717) is 22.9 Å². The highest BCUT2D eigenvalue weighted by atomic mass is 19.4. The van der Waals surface area contributed by atoms with Gasteiger partial charge in [-0.15, -0.1) is 0 Å². The van der Waals surface area contributed by atoms with E-state index in [4.69, 9.17) is 0 Å². The fourth-order valence-electron chi connectivity index (χ4n) is 3.27. The average Bonchev–Trinajstić information content (AvgIpc) is 3.22. The quantitative estimate of drug-likeness (QED) is 0.387. The summed E-state index contributed by atoms with van der Waals surface area (Å²) in [7, 11) is 0. The minimum Gasteiger partial charge on any atom is -0.350 e. The van der Waals surface area contributed by atoms with Gasteiger partial charge >= 0.3 is 12.4 Å². The number of amides is 1. The first-order chi connectivity index (χ1) is 15.5. The number of H-pyrrole nitrogens is 1. The Morgan fingerprint density at radius 1 is 0.939 bits per heavy atom. The molecule has 0 unspecified atom stereocenters. The van der Waals surface area contributed by atoms with Gasteiger partial charge in [-0.1, -0.05) is 6.07 Å². The van der Waals surface area contributed by atoms with Crippen LogP contribution in [0.25, 0.3) is 22.2 Å². The molecule has 0 bridgehead atoms. The summed E-state index contributed by atoms with van der Waals surface area (Å²) in [6, 6.07) is 10.7. The summed E-state index contributed by atoms with van der Waals surface area (Å²) in [4.78, 5) is 22.2. The van der Waals surface area contributed by atoms with Crippen LogP contribution in [0.3, 0.4) is 0 Å². The molecule has 33 heavy (non-hydrogen) atoms. The molecule has 0 aliphatic carbocycles. The molecule has 5 nitrogen and oxygen atoms in total. The number of carbonyl (C=O) groups excluding carboxylic acids is 1. The number of alkyl halides is 6. The van der Waals surface area contributed by atoms with Gasteiger partial charge in [0.1, 0.15) is 11.4 Å². The first-order valence-electron chi connectivity index (χ1n) is 9.48. The summed E-state index contributed by atoms with van der Waals surface area (Å²) in [6.45, 7) is -0.0812. The number of nitrogens with one attached hydrogen (secondary N) is 2. The molecule has 0 fully saturated rings. The number of benzene rings is 1. The molecular formula is C22H14F6N4O. The lowest BCUT2D eigenvalue weighted by Gasteiger charge is -2.10. The van der Waals surface area contributed by atoms with Crippen molar-refractivity contribution in [2.75, 3.05) is 0 Å². The molecule has 4 rings (SSSR count). The summed E-state index contributed by atoms with van der Waals surface area (Å²) in [6.07, 6.45) is -6.90. The van der Waals surface area contributed by atoms with E-state index in [2.05, 4.69) is 20.3 Å². The van der Waals surface area contributed by atoms with Crippen molar-refractivity contribution < 1.29 is 31.1 Å². The zero-order chi connectivity index (χ0) is 23.8. The second-order valence-electron chi connectivity index (χ2n) is 7.12. The third-order valence-corrected chi connectivity index (χ3v) is 4.80. The van der Waals surface area contributed by atoms with Crippen molar-refractivity contribution >= 4 is 16.8 Å². The molecule has 4 aromatic rings. The topological polar surface area (TPSA) is 70.7 Å². The van der Waals surface area contributed by atoms with Crippen LogP contribution in [0.4, 0.5) is 26.3 Å². The van der Waals surface area contributed by atoms with E-state index in [-0.39, 0.29) is 23.0 Å². The molecule has 1 amide bonds. The van der Waals surface area contributed by atoms with Gasteiger partial charge in [0.15, 0.2) is 0 Å². The monoisotopic (exact) mass is 464 g/mol. The van der Waals surface area contributed by atoms with E-state index in [1.54, 1.807) is 24.3 Å². The number of hydrogen-bond acceptors (Lipinski definition) is 3. The lowest BCUT2D eigenvalue weighted by molar-refractivity contribution is -0.141. The van der Waals surface area contributed by atoms with Gasteiger partial charge in [0.2, 0.25) is 0 Å². The molecule has 0 saturated heterocycles. The molecular weight excluding hydrogens is 450 g/mol. The van der Waals surface area contributed by atoms with Gasteiger partial charge in [0.25, 0.3) is 5.91 Å². The fraction of sp³-hybridized carbons (Fsp3) is 0.136. The molecule has 0 aliphatic heterocycles. The van der Waals surface area contributed by atoms with E-state index < -0.39 is 29.6 Å². The highest BCUT2D eigenvalue weighted by Crippen LogP contribution is 2.35. The predicted molar refractivity (Wildman–Crippen MR) is 107 cm³/mol. The number of fused-ring (bicyclic) bond motifs is 1. The Bertz CT molecular complexity index is 1290. The number of halogens is 6. The first-order valence-corrected chi connectivity index (χ1v) is 9.48. The Morgan fingerprint density at radius 3 is 2.33 bits per heavy atom. The van der Waals surface area contributed by atoms with Gasteiger partial charge < -0.3 is 10.3 Å². The number of aromatic nitrogens is 3. The van der Waals surface area contributed by atoms with Crippen LogP contribution in [0.1, 0.15) is 27.3 Å². The van der Waals surface area contributed by atoms with E-state index in [9.17, 15) is 31.1 Å². The summed E-state index contributed by atoms with van der Waals surface area (Å²) < 4.78 is 77.6. The van der Waals surface area contributed by atoms with E-state index in [0.717, 1.165) is 18.3 Å². The van der Waals surface area contributed by atoms with E-state index in [1.807, 2.05) is 0 Å². The summed E-state index contributed by atoms with van der Waals surface area (Å²) in [5.74, 6) is -0.680. The third-order valence-electron chi connectivity index (χ3n) is 4.80. The number of hydrogen-bond donors (Lipinski definition) is 2. The van der Waals surface area contributed by atoms with Crippen molar-refractivity contribution in [3.05, 3.63) is 83.4 Å². The van der Waals surface area contributed by atoms with Crippen LogP contribution in [0.2, 0.25) is 0 Å². The van der Waals surface area contributed by atoms with Crippen molar-refractivity contribution in [1.82, 2.24) is 20.3 Å².